The average molecular weight is 296 g/mol. The molecule has 1 N–H and O–H groups in total. The molecule has 0 aromatic heterocycles. The third-order valence-electron chi connectivity index (χ3n) is 3.48. The van der Waals surface area contributed by atoms with E-state index in [-0.39, 0.29) is 11.8 Å². The molecule has 0 heterocycles. The molecule has 1 aromatic rings. The lowest BCUT2D eigenvalue weighted by molar-refractivity contribution is 0.347. The van der Waals surface area contributed by atoms with Gasteiger partial charge in [-0.05, 0) is 32.3 Å². The summed E-state index contributed by atoms with van der Waals surface area (Å²) in [6, 6.07) is 10.3. The van der Waals surface area contributed by atoms with Gasteiger partial charge in [-0.2, -0.15) is 4.31 Å². The normalized spacial score (nSPS) is 16.0. The van der Waals surface area contributed by atoms with Gasteiger partial charge >= 0.3 is 0 Å². The van der Waals surface area contributed by atoms with Crippen LogP contribution in [0.15, 0.2) is 30.3 Å². The zero-order valence-electron chi connectivity index (χ0n) is 12.2. The molecule has 0 amide bonds. The van der Waals surface area contributed by atoms with Crippen molar-refractivity contribution in [3.63, 3.8) is 0 Å². The minimum absolute atomic E-state index is 0.0267. The number of sulfonamides is 1. The zero-order valence-corrected chi connectivity index (χ0v) is 13.1. The van der Waals surface area contributed by atoms with Crippen molar-refractivity contribution in [1.29, 1.82) is 0 Å². The van der Waals surface area contributed by atoms with Gasteiger partial charge < -0.3 is 5.32 Å². The number of rotatable bonds is 8. The Bertz CT molecular complexity index is 510. The van der Waals surface area contributed by atoms with Crippen molar-refractivity contribution < 1.29 is 8.42 Å². The molecule has 1 aliphatic rings. The second-order valence-electron chi connectivity index (χ2n) is 5.67. The molecule has 112 valence electrons. The van der Waals surface area contributed by atoms with E-state index in [2.05, 4.69) is 5.32 Å². The highest BCUT2D eigenvalue weighted by Crippen LogP contribution is 2.18. The van der Waals surface area contributed by atoms with E-state index < -0.39 is 10.0 Å². The van der Waals surface area contributed by atoms with Crippen molar-refractivity contribution in [2.24, 2.45) is 0 Å². The Kier molecular flexibility index (Phi) is 5.18. The molecule has 5 heteroatoms. The first-order valence-electron chi connectivity index (χ1n) is 7.26. The molecule has 0 radical (unpaired) electrons. The first kappa shape index (κ1) is 15.5. The fraction of sp³-hybridized carbons (Fsp3) is 0.600. The fourth-order valence-corrected chi connectivity index (χ4v) is 3.76. The van der Waals surface area contributed by atoms with Crippen LogP contribution < -0.4 is 5.32 Å². The van der Waals surface area contributed by atoms with E-state index in [0.717, 1.165) is 5.56 Å². The molecule has 0 aliphatic heterocycles. The van der Waals surface area contributed by atoms with Gasteiger partial charge in [-0.15, -0.1) is 0 Å². The topological polar surface area (TPSA) is 49.4 Å². The Morgan fingerprint density at radius 2 is 1.90 bits per heavy atom. The van der Waals surface area contributed by atoms with Gasteiger partial charge in [0.05, 0.1) is 5.75 Å². The highest BCUT2D eigenvalue weighted by Gasteiger charge is 2.26. The average Bonchev–Trinajstić information content (AvgIpc) is 3.20. The monoisotopic (exact) mass is 296 g/mol. The van der Waals surface area contributed by atoms with Gasteiger partial charge in [-0.1, -0.05) is 30.3 Å². The van der Waals surface area contributed by atoms with Crippen LogP contribution in [0.1, 0.15) is 32.3 Å². The van der Waals surface area contributed by atoms with Crippen LogP contribution in [-0.4, -0.2) is 37.1 Å². The quantitative estimate of drug-likeness (QED) is 0.798. The molecule has 0 atom stereocenters. The van der Waals surface area contributed by atoms with Gasteiger partial charge in [0.2, 0.25) is 10.0 Å². The van der Waals surface area contributed by atoms with Gasteiger partial charge in [0.1, 0.15) is 0 Å². The molecular weight excluding hydrogens is 272 g/mol. The molecule has 1 aliphatic carbocycles. The van der Waals surface area contributed by atoms with Crippen molar-refractivity contribution in [3.05, 3.63) is 35.9 Å². The summed E-state index contributed by atoms with van der Waals surface area (Å²) in [4.78, 5) is 0. The van der Waals surface area contributed by atoms with Crippen molar-refractivity contribution in [3.8, 4) is 0 Å². The highest BCUT2D eigenvalue weighted by atomic mass is 32.2. The van der Waals surface area contributed by atoms with Crippen LogP contribution in [0.3, 0.4) is 0 Å². The molecule has 1 fully saturated rings. The SMILES string of the molecule is CC(C)N(Cc1ccccc1)S(=O)(=O)CCNC1CC1. The Morgan fingerprint density at radius 1 is 1.25 bits per heavy atom. The summed E-state index contributed by atoms with van der Waals surface area (Å²) in [6.07, 6.45) is 2.36. The molecule has 0 spiro atoms. The fourth-order valence-electron chi connectivity index (χ4n) is 2.16. The lowest BCUT2D eigenvalue weighted by Gasteiger charge is -2.26. The predicted molar refractivity (Wildman–Crippen MR) is 81.9 cm³/mol. The number of hydrogen-bond acceptors (Lipinski definition) is 3. The number of hydrogen-bond donors (Lipinski definition) is 1. The minimum atomic E-state index is -3.22. The van der Waals surface area contributed by atoms with Crippen LogP contribution >= 0.6 is 0 Å². The summed E-state index contributed by atoms with van der Waals surface area (Å²) >= 11 is 0. The molecule has 1 saturated carbocycles. The van der Waals surface area contributed by atoms with Crippen molar-refractivity contribution in [1.82, 2.24) is 9.62 Å². The van der Waals surface area contributed by atoms with Crippen LogP contribution in [0.25, 0.3) is 0 Å². The van der Waals surface area contributed by atoms with Gasteiger partial charge in [-0.25, -0.2) is 8.42 Å². The van der Waals surface area contributed by atoms with Gasteiger partial charge in [0.25, 0.3) is 0 Å². The third kappa shape index (κ3) is 4.58. The molecule has 20 heavy (non-hydrogen) atoms. The molecule has 1 aromatic carbocycles. The first-order valence-corrected chi connectivity index (χ1v) is 8.87. The van der Waals surface area contributed by atoms with Crippen LogP contribution in [0.2, 0.25) is 0 Å². The molecule has 0 bridgehead atoms. The molecule has 2 rings (SSSR count). The number of benzene rings is 1. The van der Waals surface area contributed by atoms with E-state index in [1.807, 2.05) is 44.2 Å². The van der Waals surface area contributed by atoms with E-state index >= 15 is 0 Å². The summed E-state index contributed by atoms with van der Waals surface area (Å²) in [6.45, 7) is 4.85. The third-order valence-corrected chi connectivity index (χ3v) is 5.47. The highest BCUT2D eigenvalue weighted by molar-refractivity contribution is 7.89. The standard InChI is InChI=1S/C15H24N2O2S/c1-13(2)17(12-14-6-4-3-5-7-14)20(18,19)11-10-16-15-8-9-15/h3-7,13,15-16H,8-12H2,1-2H3. The summed E-state index contributed by atoms with van der Waals surface area (Å²) in [7, 11) is -3.22. The molecular formula is C15H24N2O2S. The zero-order chi connectivity index (χ0) is 14.6. The van der Waals surface area contributed by atoms with Crippen molar-refractivity contribution in [2.45, 2.75) is 45.3 Å². The largest absolute Gasteiger partial charge is 0.313 e. The van der Waals surface area contributed by atoms with Gasteiger partial charge in [0, 0.05) is 25.2 Å². The number of nitrogens with zero attached hydrogens (tertiary/aromatic N) is 1. The van der Waals surface area contributed by atoms with E-state index in [1.54, 1.807) is 4.31 Å². The van der Waals surface area contributed by atoms with Crippen LogP contribution in [0.4, 0.5) is 0 Å². The number of nitrogens with one attached hydrogen (secondary N) is 1. The van der Waals surface area contributed by atoms with Gasteiger partial charge in [-0.3, -0.25) is 0 Å². The van der Waals surface area contributed by atoms with E-state index in [0.29, 0.717) is 19.1 Å². The minimum Gasteiger partial charge on any atom is -0.313 e. The maximum atomic E-state index is 12.5. The molecule has 0 saturated heterocycles. The lowest BCUT2D eigenvalue weighted by Crippen LogP contribution is -2.40. The predicted octanol–water partition coefficient (Wildman–Crippen LogP) is 1.98. The second kappa shape index (κ2) is 6.70. The van der Waals surface area contributed by atoms with E-state index in [9.17, 15) is 8.42 Å². The lowest BCUT2D eigenvalue weighted by atomic mass is 10.2. The molecule has 4 nitrogen and oxygen atoms in total. The maximum absolute atomic E-state index is 12.5. The Labute approximate surface area is 122 Å². The summed E-state index contributed by atoms with van der Waals surface area (Å²) in [5.74, 6) is 0.175. The van der Waals surface area contributed by atoms with Crippen molar-refractivity contribution in [2.75, 3.05) is 12.3 Å². The summed E-state index contributed by atoms with van der Waals surface area (Å²) < 4.78 is 26.5. The maximum Gasteiger partial charge on any atom is 0.215 e. The van der Waals surface area contributed by atoms with E-state index in [4.69, 9.17) is 0 Å². The smallest absolute Gasteiger partial charge is 0.215 e. The van der Waals surface area contributed by atoms with Crippen LogP contribution in [-0.2, 0) is 16.6 Å². The summed E-state index contributed by atoms with van der Waals surface area (Å²) in [5, 5.41) is 3.26. The Balaban J connectivity index is 1.98. The molecule has 0 unspecified atom stereocenters. The Morgan fingerprint density at radius 3 is 2.45 bits per heavy atom. The van der Waals surface area contributed by atoms with Crippen LogP contribution in [0, 0.1) is 0 Å². The first-order chi connectivity index (χ1) is 9.49. The summed E-state index contributed by atoms with van der Waals surface area (Å²) in [5.41, 5.74) is 1.03. The Hall–Kier alpha value is -0.910. The van der Waals surface area contributed by atoms with Crippen molar-refractivity contribution >= 4 is 10.0 Å². The van der Waals surface area contributed by atoms with Crippen LogP contribution in [0.5, 0.6) is 0 Å². The van der Waals surface area contributed by atoms with E-state index in [1.165, 1.54) is 12.8 Å². The van der Waals surface area contributed by atoms with Gasteiger partial charge in [0.15, 0.2) is 0 Å². The second-order valence-corrected chi connectivity index (χ2v) is 7.71.